The lowest BCUT2D eigenvalue weighted by molar-refractivity contribution is -0.115. The third-order valence-electron chi connectivity index (χ3n) is 2.82. The molecule has 0 unspecified atom stereocenters. The summed E-state index contributed by atoms with van der Waals surface area (Å²) in [5.74, 6) is -1.44. The number of nitrogens with one attached hydrogen (secondary N) is 1. The molecule has 6 heteroatoms. The second-order valence-corrected chi connectivity index (χ2v) is 4.84. The number of benzene rings is 2. The summed E-state index contributed by atoms with van der Waals surface area (Å²) < 4.78 is 13.6. The smallest absolute Gasteiger partial charge is 0.248 e. The predicted molar refractivity (Wildman–Crippen MR) is 78.7 cm³/mol. The van der Waals surface area contributed by atoms with Crippen LogP contribution in [0.15, 0.2) is 42.5 Å². The molecule has 0 bridgehead atoms. The summed E-state index contributed by atoms with van der Waals surface area (Å²) in [6, 6.07) is 10.3. The van der Waals surface area contributed by atoms with Crippen molar-refractivity contribution < 1.29 is 14.0 Å². The molecule has 0 heterocycles. The molecule has 0 spiro atoms. The van der Waals surface area contributed by atoms with Gasteiger partial charge < -0.3 is 11.1 Å². The topological polar surface area (TPSA) is 72.2 Å². The van der Waals surface area contributed by atoms with Gasteiger partial charge in [-0.3, -0.25) is 9.59 Å². The lowest BCUT2D eigenvalue weighted by Gasteiger charge is -2.07. The second kappa shape index (κ2) is 6.37. The van der Waals surface area contributed by atoms with E-state index in [1.807, 2.05) is 0 Å². The number of hydrogen-bond donors (Lipinski definition) is 2. The maximum Gasteiger partial charge on any atom is 0.248 e. The van der Waals surface area contributed by atoms with E-state index in [1.165, 1.54) is 24.3 Å². The van der Waals surface area contributed by atoms with Gasteiger partial charge in [-0.05, 0) is 42.0 Å². The van der Waals surface area contributed by atoms with Crippen molar-refractivity contribution in [2.24, 2.45) is 5.73 Å². The van der Waals surface area contributed by atoms with E-state index in [2.05, 4.69) is 5.32 Å². The van der Waals surface area contributed by atoms with Gasteiger partial charge >= 0.3 is 0 Å². The minimum Gasteiger partial charge on any atom is -0.366 e. The standard InChI is InChI=1S/C15H12ClFN2O2/c16-11-4-1-10(13(17)8-11)7-14(20)19-12-5-2-9(3-6-12)15(18)21/h1-6,8H,7H2,(H2,18,21)(H,19,20). The fourth-order valence-corrected chi connectivity index (χ4v) is 1.92. The Hall–Kier alpha value is -2.40. The number of carbonyl (C=O) groups excluding carboxylic acids is 2. The minimum atomic E-state index is -0.545. The molecule has 0 saturated carbocycles. The van der Waals surface area contributed by atoms with Gasteiger partial charge in [-0.25, -0.2) is 4.39 Å². The van der Waals surface area contributed by atoms with Crippen LogP contribution < -0.4 is 11.1 Å². The van der Waals surface area contributed by atoms with Gasteiger partial charge in [-0.15, -0.1) is 0 Å². The lowest BCUT2D eigenvalue weighted by atomic mass is 10.1. The van der Waals surface area contributed by atoms with Crippen LogP contribution in [0.1, 0.15) is 15.9 Å². The first-order valence-electron chi connectivity index (χ1n) is 6.09. The zero-order chi connectivity index (χ0) is 15.4. The molecule has 21 heavy (non-hydrogen) atoms. The molecule has 0 aromatic heterocycles. The summed E-state index contributed by atoms with van der Waals surface area (Å²) in [7, 11) is 0. The normalized spacial score (nSPS) is 10.2. The zero-order valence-corrected chi connectivity index (χ0v) is 11.7. The van der Waals surface area contributed by atoms with Crippen molar-refractivity contribution >= 4 is 29.1 Å². The van der Waals surface area contributed by atoms with Crippen molar-refractivity contribution in [1.29, 1.82) is 0 Å². The molecule has 108 valence electrons. The molecule has 0 aliphatic rings. The molecule has 0 fully saturated rings. The highest BCUT2D eigenvalue weighted by Crippen LogP contribution is 2.16. The molecule has 2 aromatic carbocycles. The minimum absolute atomic E-state index is 0.111. The molecular weight excluding hydrogens is 295 g/mol. The third kappa shape index (κ3) is 4.03. The van der Waals surface area contributed by atoms with Crippen molar-refractivity contribution in [1.82, 2.24) is 0 Å². The SMILES string of the molecule is NC(=O)c1ccc(NC(=O)Cc2ccc(Cl)cc2F)cc1. The predicted octanol–water partition coefficient (Wildman–Crippen LogP) is 2.76. The number of carbonyl (C=O) groups is 2. The Balaban J connectivity index is 2.02. The van der Waals surface area contributed by atoms with E-state index >= 15 is 0 Å². The van der Waals surface area contributed by atoms with Gasteiger partial charge in [0.05, 0.1) is 6.42 Å². The molecule has 3 N–H and O–H groups in total. The van der Waals surface area contributed by atoms with E-state index in [4.69, 9.17) is 17.3 Å². The van der Waals surface area contributed by atoms with Gasteiger partial charge in [-0.2, -0.15) is 0 Å². The van der Waals surface area contributed by atoms with Crippen LogP contribution >= 0.6 is 11.6 Å². The van der Waals surface area contributed by atoms with Crippen molar-refractivity contribution in [3.05, 3.63) is 64.4 Å². The van der Waals surface area contributed by atoms with E-state index in [-0.39, 0.29) is 22.9 Å². The number of primary amides is 1. The third-order valence-corrected chi connectivity index (χ3v) is 3.05. The lowest BCUT2D eigenvalue weighted by Crippen LogP contribution is -2.15. The molecule has 2 amide bonds. The van der Waals surface area contributed by atoms with E-state index in [0.717, 1.165) is 6.07 Å². The monoisotopic (exact) mass is 306 g/mol. The Morgan fingerprint density at radius 2 is 1.81 bits per heavy atom. The Kier molecular flexibility index (Phi) is 4.55. The van der Waals surface area contributed by atoms with E-state index in [1.54, 1.807) is 12.1 Å². The Labute approximate surface area is 125 Å². The maximum atomic E-state index is 13.6. The second-order valence-electron chi connectivity index (χ2n) is 4.40. The summed E-state index contributed by atoms with van der Waals surface area (Å²) in [6.07, 6.45) is -0.111. The molecule has 2 aromatic rings. The number of amides is 2. The molecule has 4 nitrogen and oxygen atoms in total. The van der Waals surface area contributed by atoms with Crippen molar-refractivity contribution in [3.8, 4) is 0 Å². The summed E-state index contributed by atoms with van der Waals surface area (Å²) in [5.41, 5.74) is 6.22. The summed E-state index contributed by atoms with van der Waals surface area (Å²) >= 11 is 5.65. The maximum absolute atomic E-state index is 13.6. The fraction of sp³-hybridized carbons (Fsp3) is 0.0667. The Morgan fingerprint density at radius 1 is 1.14 bits per heavy atom. The molecular formula is C15H12ClFN2O2. The van der Waals surface area contributed by atoms with Crippen LogP contribution in [0, 0.1) is 5.82 Å². The van der Waals surface area contributed by atoms with E-state index in [0.29, 0.717) is 11.3 Å². The van der Waals surface area contributed by atoms with Gasteiger partial charge in [0.15, 0.2) is 0 Å². The number of hydrogen-bond acceptors (Lipinski definition) is 2. The number of anilines is 1. The summed E-state index contributed by atoms with van der Waals surface area (Å²) in [4.78, 5) is 22.8. The van der Waals surface area contributed by atoms with Crippen LogP contribution in [-0.2, 0) is 11.2 Å². The van der Waals surface area contributed by atoms with Crippen LogP contribution in [0.4, 0.5) is 10.1 Å². The van der Waals surface area contributed by atoms with Crippen LogP contribution in [0.3, 0.4) is 0 Å². The first-order valence-corrected chi connectivity index (χ1v) is 6.47. The first-order chi connectivity index (χ1) is 9.95. The fourth-order valence-electron chi connectivity index (χ4n) is 1.76. The highest BCUT2D eigenvalue weighted by atomic mass is 35.5. The Morgan fingerprint density at radius 3 is 2.38 bits per heavy atom. The highest BCUT2D eigenvalue weighted by molar-refractivity contribution is 6.30. The zero-order valence-electron chi connectivity index (χ0n) is 10.9. The van der Waals surface area contributed by atoms with E-state index in [9.17, 15) is 14.0 Å². The number of nitrogens with two attached hydrogens (primary N) is 1. The quantitative estimate of drug-likeness (QED) is 0.911. The molecule has 0 radical (unpaired) electrons. The van der Waals surface area contributed by atoms with Crippen LogP contribution in [0.2, 0.25) is 5.02 Å². The average molecular weight is 307 g/mol. The van der Waals surface area contributed by atoms with Gasteiger partial charge in [0, 0.05) is 16.3 Å². The van der Waals surface area contributed by atoms with Crippen molar-refractivity contribution in [2.45, 2.75) is 6.42 Å². The molecule has 2 rings (SSSR count). The van der Waals surface area contributed by atoms with Crippen molar-refractivity contribution in [3.63, 3.8) is 0 Å². The largest absolute Gasteiger partial charge is 0.366 e. The van der Waals surface area contributed by atoms with Crippen LogP contribution in [0.5, 0.6) is 0 Å². The number of rotatable bonds is 4. The van der Waals surface area contributed by atoms with Crippen LogP contribution in [-0.4, -0.2) is 11.8 Å². The number of halogens is 2. The van der Waals surface area contributed by atoms with Crippen molar-refractivity contribution in [2.75, 3.05) is 5.32 Å². The Bertz CT molecular complexity index is 687. The molecule has 0 atom stereocenters. The molecule has 0 saturated heterocycles. The van der Waals surface area contributed by atoms with Crippen LogP contribution in [0.25, 0.3) is 0 Å². The van der Waals surface area contributed by atoms with Gasteiger partial charge in [-0.1, -0.05) is 17.7 Å². The average Bonchev–Trinajstić information content (AvgIpc) is 2.42. The summed E-state index contributed by atoms with van der Waals surface area (Å²) in [5, 5.41) is 2.88. The first kappa shape index (κ1) is 15.0. The van der Waals surface area contributed by atoms with Gasteiger partial charge in [0.2, 0.25) is 11.8 Å². The highest BCUT2D eigenvalue weighted by Gasteiger charge is 2.09. The molecule has 0 aliphatic carbocycles. The van der Waals surface area contributed by atoms with Gasteiger partial charge in [0.25, 0.3) is 0 Å². The summed E-state index contributed by atoms with van der Waals surface area (Å²) in [6.45, 7) is 0. The van der Waals surface area contributed by atoms with E-state index < -0.39 is 11.7 Å². The molecule has 0 aliphatic heterocycles. The van der Waals surface area contributed by atoms with Gasteiger partial charge in [0.1, 0.15) is 5.82 Å².